The summed E-state index contributed by atoms with van der Waals surface area (Å²) in [6.45, 7) is 3.98. The third-order valence-corrected chi connectivity index (χ3v) is 1.79. The Hall–Kier alpha value is -0.670. The molecule has 0 aromatic rings. The first-order valence-electron chi connectivity index (χ1n) is 4.16. The first-order valence-corrected chi connectivity index (χ1v) is 4.16. The monoisotopic (exact) mass is 171 g/mol. The van der Waals surface area contributed by atoms with Crippen LogP contribution in [-0.4, -0.2) is 23.5 Å². The summed E-state index contributed by atoms with van der Waals surface area (Å²) >= 11 is 0. The number of aliphatic hydroxyl groups excluding tert-OH is 1. The minimum absolute atomic E-state index is 0.00144. The van der Waals surface area contributed by atoms with E-state index in [-0.39, 0.29) is 12.2 Å². The van der Waals surface area contributed by atoms with Gasteiger partial charge in [0.05, 0.1) is 6.10 Å². The van der Waals surface area contributed by atoms with Gasteiger partial charge in [0.25, 0.3) is 0 Å². The molecule has 0 rings (SSSR count). The lowest BCUT2D eigenvalue weighted by atomic mass is 10.1. The smallest absolute Gasteiger partial charge is 0.160 e. The number of aliphatic hydroxyl groups is 1. The van der Waals surface area contributed by atoms with Gasteiger partial charge in [-0.1, -0.05) is 6.08 Å². The van der Waals surface area contributed by atoms with E-state index in [1.807, 2.05) is 6.92 Å². The van der Waals surface area contributed by atoms with E-state index in [0.717, 1.165) is 0 Å². The highest BCUT2D eigenvalue weighted by Gasteiger charge is 2.10. The zero-order valence-corrected chi connectivity index (χ0v) is 7.71. The highest BCUT2D eigenvalue weighted by molar-refractivity contribution is 5.94. The van der Waals surface area contributed by atoms with E-state index in [0.29, 0.717) is 18.5 Å². The molecule has 0 saturated heterocycles. The van der Waals surface area contributed by atoms with Gasteiger partial charge in [0.2, 0.25) is 0 Å². The lowest BCUT2D eigenvalue weighted by Crippen LogP contribution is -2.18. The molecule has 0 aliphatic heterocycles. The van der Waals surface area contributed by atoms with Gasteiger partial charge in [0.15, 0.2) is 5.78 Å². The molecule has 0 radical (unpaired) electrons. The molecular formula is C9H17NO2. The van der Waals surface area contributed by atoms with Gasteiger partial charge < -0.3 is 10.8 Å². The van der Waals surface area contributed by atoms with Crippen molar-refractivity contribution >= 4 is 5.78 Å². The van der Waals surface area contributed by atoms with Crippen molar-refractivity contribution in [3.63, 3.8) is 0 Å². The second-order valence-electron chi connectivity index (χ2n) is 2.83. The average molecular weight is 171 g/mol. The maximum atomic E-state index is 11.2. The molecule has 0 saturated carbocycles. The number of ketones is 1. The number of rotatable bonds is 5. The lowest BCUT2D eigenvalue weighted by molar-refractivity contribution is -0.117. The number of nitrogens with two attached hydrogens (primary N) is 1. The molecule has 0 aromatic heterocycles. The Morgan fingerprint density at radius 1 is 1.67 bits per heavy atom. The molecule has 0 fully saturated rings. The van der Waals surface area contributed by atoms with Crippen molar-refractivity contribution in [3.05, 3.63) is 11.6 Å². The quantitative estimate of drug-likeness (QED) is 0.596. The summed E-state index contributed by atoms with van der Waals surface area (Å²) in [4.78, 5) is 11.2. The van der Waals surface area contributed by atoms with Crippen LogP contribution in [-0.2, 0) is 4.79 Å². The molecule has 0 amide bonds. The highest BCUT2D eigenvalue weighted by Crippen LogP contribution is 2.04. The van der Waals surface area contributed by atoms with E-state index in [2.05, 4.69) is 0 Å². The predicted octanol–water partition coefficient (Wildman–Crippen LogP) is 0.622. The predicted molar refractivity (Wildman–Crippen MR) is 48.7 cm³/mol. The number of hydrogen-bond acceptors (Lipinski definition) is 3. The number of carbonyl (C=O) groups is 1. The van der Waals surface area contributed by atoms with Crippen LogP contribution in [0, 0.1) is 0 Å². The van der Waals surface area contributed by atoms with Gasteiger partial charge in [-0.15, -0.1) is 0 Å². The molecule has 1 unspecified atom stereocenters. The topological polar surface area (TPSA) is 63.3 Å². The normalized spacial score (nSPS) is 14.5. The van der Waals surface area contributed by atoms with E-state index in [1.165, 1.54) is 0 Å². The Morgan fingerprint density at radius 2 is 2.25 bits per heavy atom. The van der Waals surface area contributed by atoms with Gasteiger partial charge >= 0.3 is 0 Å². The van der Waals surface area contributed by atoms with Crippen LogP contribution >= 0.6 is 0 Å². The van der Waals surface area contributed by atoms with Crippen molar-refractivity contribution in [2.75, 3.05) is 6.54 Å². The van der Waals surface area contributed by atoms with Crippen LogP contribution in [0.3, 0.4) is 0 Å². The maximum absolute atomic E-state index is 11.2. The van der Waals surface area contributed by atoms with Crippen LogP contribution in [0.2, 0.25) is 0 Å². The Morgan fingerprint density at radius 3 is 2.67 bits per heavy atom. The Bertz CT molecular complexity index is 175. The minimum Gasteiger partial charge on any atom is -0.393 e. The van der Waals surface area contributed by atoms with E-state index in [1.54, 1.807) is 13.0 Å². The third kappa shape index (κ3) is 4.26. The summed E-state index contributed by atoms with van der Waals surface area (Å²) in [5.74, 6) is -0.00144. The fourth-order valence-electron chi connectivity index (χ4n) is 0.830. The standard InChI is InChI=1S/C9H17NO2/c1-3-7(2)9(12)6-8(11)4-5-10/h3,8,11H,4-6,10H2,1-2H3/b7-3+. The fourth-order valence-corrected chi connectivity index (χ4v) is 0.830. The molecule has 3 nitrogen and oxygen atoms in total. The molecule has 1 atom stereocenters. The molecule has 0 spiro atoms. The Kier molecular flexibility index (Phi) is 5.58. The number of carbonyl (C=O) groups excluding carboxylic acids is 1. The van der Waals surface area contributed by atoms with Crippen molar-refractivity contribution in [3.8, 4) is 0 Å². The largest absolute Gasteiger partial charge is 0.393 e. The summed E-state index contributed by atoms with van der Waals surface area (Å²) in [7, 11) is 0. The molecule has 3 N–H and O–H groups in total. The lowest BCUT2D eigenvalue weighted by Gasteiger charge is -2.07. The van der Waals surface area contributed by atoms with Crippen molar-refractivity contribution in [2.45, 2.75) is 32.8 Å². The third-order valence-electron chi connectivity index (χ3n) is 1.79. The minimum atomic E-state index is -0.586. The number of hydrogen-bond donors (Lipinski definition) is 2. The summed E-state index contributed by atoms with van der Waals surface area (Å²) in [6.07, 6.45) is 1.84. The molecule has 3 heteroatoms. The van der Waals surface area contributed by atoms with E-state index in [9.17, 15) is 9.90 Å². The van der Waals surface area contributed by atoms with Crippen molar-refractivity contribution < 1.29 is 9.90 Å². The molecule has 0 bridgehead atoms. The van der Waals surface area contributed by atoms with Gasteiger partial charge in [0, 0.05) is 6.42 Å². The van der Waals surface area contributed by atoms with Crippen LogP contribution < -0.4 is 5.73 Å². The second-order valence-corrected chi connectivity index (χ2v) is 2.83. The van der Waals surface area contributed by atoms with E-state index >= 15 is 0 Å². The van der Waals surface area contributed by atoms with Crippen molar-refractivity contribution in [1.82, 2.24) is 0 Å². The zero-order chi connectivity index (χ0) is 9.56. The van der Waals surface area contributed by atoms with E-state index < -0.39 is 6.10 Å². The highest BCUT2D eigenvalue weighted by atomic mass is 16.3. The van der Waals surface area contributed by atoms with Crippen molar-refractivity contribution in [2.24, 2.45) is 5.73 Å². The molecular weight excluding hydrogens is 154 g/mol. The fraction of sp³-hybridized carbons (Fsp3) is 0.667. The first kappa shape index (κ1) is 11.3. The molecule has 70 valence electrons. The van der Waals surface area contributed by atoms with Crippen LogP contribution in [0.25, 0.3) is 0 Å². The van der Waals surface area contributed by atoms with Crippen LogP contribution in [0.4, 0.5) is 0 Å². The maximum Gasteiger partial charge on any atom is 0.160 e. The first-order chi connectivity index (χ1) is 5.61. The zero-order valence-electron chi connectivity index (χ0n) is 7.71. The number of Topliss-reactive ketones (excluding diaryl/α,β-unsaturated/α-hetero) is 1. The van der Waals surface area contributed by atoms with Crippen LogP contribution in [0.5, 0.6) is 0 Å². The van der Waals surface area contributed by atoms with Gasteiger partial charge in [-0.2, -0.15) is 0 Å². The summed E-state index contributed by atoms with van der Waals surface area (Å²) in [6, 6.07) is 0. The molecule has 0 heterocycles. The molecule has 0 aliphatic rings. The molecule has 0 aliphatic carbocycles. The van der Waals surface area contributed by atoms with Gasteiger partial charge in [-0.3, -0.25) is 4.79 Å². The molecule has 0 aromatic carbocycles. The Labute approximate surface area is 73.3 Å². The Balaban J connectivity index is 3.84. The van der Waals surface area contributed by atoms with Gasteiger partial charge in [0.1, 0.15) is 0 Å². The number of allylic oxidation sites excluding steroid dienone is 2. The van der Waals surface area contributed by atoms with Gasteiger partial charge in [-0.05, 0) is 32.4 Å². The van der Waals surface area contributed by atoms with E-state index in [4.69, 9.17) is 5.73 Å². The SMILES string of the molecule is C/C=C(\C)C(=O)CC(O)CCN. The van der Waals surface area contributed by atoms with Crippen molar-refractivity contribution in [1.29, 1.82) is 0 Å². The molecule has 12 heavy (non-hydrogen) atoms. The van der Waals surface area contributed by atoms with Crippen LogP contribution in [0.15, 0.2) is 11.6 Å². The summed E-state index contributed by atoms with van der Waals surface area (Å²) in [5.41, 5.74) is 5.93. The van der Waals surface area contributed by atoms with Crippen LogP contribution in [0.1, 0.15) is 26.7 Å². The second kappa shape index (κ2) is 5.91. The summed E-state index contributed by atoms with van der Waals surface area (Å²) < 4.78 is 0. The summed E-state index contributed by atoms with van der Waals surface area (Å²) in [5, 5.41) is 9.24. The van der Waals surface area contributed by atoms with Gasteiger partial charge in [-0.25, -0.2) is 0 Å². The average Bonchev–Trinajstić information content (AvgIpc) is 2.03.